The van der Waals surface area contributed by atoms with E-state index in [2.05, 4.69) is 27.0 Å². The fraction of sp³-hybridized carbons (Fsp3) is 0.600. The summed E-state index contributed by atoms with van der Waals surface area (Å²) in [7, 11) is 0. The van der Waals surface area contributed by atoms with Gasteiger partial charge in [0.25, 0.3) is 5.91 Å². The SMILES string of the molecule is CCN1CCN(c2ccc(C(=O)NC3CC3)nc2)CC1. The number of aromatic nitrogens is 1. The average molecular weight is 274 g/mol. The summed E-state index contributed by atoms with van der Waals surface area (Å²) in [5, 5.41) is 2.96. The Labute approximate surface area is 120 Å². The first-order chi connectivity index (χ1) is 9.76. The molecule has 0 atom stereocenters. The van der Waals surface area contributed by atoms with Gasteiger partial charge in [-0.05, 0) is 31.5 Å². The molecule has 20 heavy (non-hydrogen) atoms. The highest BCUT2D eigenvalue weighted by atomic mass is 16.2. The molecule has 1 saturated heterocycles. The van der Waals surface area contributed by atoms with Crippen molar-refractivity contribution in [1.29, 1.82) is 0 Å². The minimum atomic E-state index is -0.0464. The maximum Gasteiger partial charge on any atom is 0.270 e. The summed E-state index contributed by atoms with van der Waals surface area (Å²) in [6.45, 7) is 7.57. The molecule has 1 aliphatic heterocycles. The summed E-state index contributed by atoms with van der Waals surface area (Å²) in [6.07, 6.45) is 4.03. The summed E-state index contributed by atoms with van der Waals surface area (Å²) in [5.74, 6) is -0.0464. The fourth-order valence-corrected chi connectivity index (χ4v) is 2.52. The molecule has 3 rings (SSSR count). The van der Waals surface area contributed by atoms with Gasteiger partial charge in [-0.1, -0.05) is 6.92 Å². The zero-order chi connectivity index (χ0) is 13.9. The van der Waals surface area contributed by atoms with Crippen LogP contribution in [0.3, 0.4) is 0 Å². The molecule has 1 aromatic heterocycles. The Hall–Kier alpha value is -1.62. The zero-order valence-electron chi connectivity index (χ0n) is 12.0. The molecule has 2 heterocycles. The molecule has 0 radical (unpaired) electrons. The molecule has 0 spiro atoms. The third-order valence-electron chi connectivity index (χ3n) is 4.08. The summed E-state index contributed by atoms with van der Waals surface area (Å²) < 4.78 is 0. The van der Waals surface area contributed by atoms with Crippen LogP contribution in [0.4, 0.5) is 5.69 Å². The lowest BCUT2D eigenvalue weighted by atomic mass is 10.2. The Balaban J connectivity index is 1.59. The molecule has 1 amide bonds. The van der Waals surface area contributed by atoms with Gasteiger partial charge in [0.15, 0.2) is 0 Å². The van der Waals surface area contributed by atoms with E-state index >= 15 is 0 Å². The van der Waals surface area contributed by atoms with Crippen molar-refractivity contribution in [2.24, 2.45) is 0 Å². The van der Waals surface area contributed by atoms with Crippen LogP contribution < -0.4 is 10.2 Å². The van der Waals surface area contributed by atoms with E-state index in [1.807, 2.05) is 18.3 Å². The third kappa shape index (κ3) is 3.10. The molecule has 1 N–H and O–H groups in total. The van der Waals surface area contributed by atoms with Crippen LogP contribution in [0.15, 0.2) is 18.3 Å². The number of anilines is 1. The molecular formula is C15H22N4O. The van der Waals surface area contributed by atoms with Crippen LogP contribution in [0.25, 0.3) is 0 Å². The smallest absolute Gasteiger partial charge is 0.270 e. The van der Waals surface area contributed by atoms with Gasteiger partial charge in [-0.3, -0.25) is 4.79 Å². The van der Waals surface area contributed by atoms with Crippen LogP contribution in [0, 0.1) is 0 Å². The highest BCUT2D eigenvalue weighted by Crippen LogP contribution is 2.20. The molecule has 1 saturated carbocycles. The molecule has 0 bridgehead atoms. The number of carbonyl (C=O) groups excluding carboxylic acids is 1. The first kappa shape index (κ1) is 13.4. The zero-order valence-corrected chi connectivity index (χ0v) is 12.0. The predicted octanol–water partition coefficient (Wildman–Crippen LogP) is 1.12. The van der Waals surface area contributed by atoms with E-state index < -0.39 is 0 Å². The number of hydrogen-bond donors (Lipinski definition) is 1. The van der Waals surface area contributed by atoms with Crippen molar-refractivity contribution in [3.05, 3.63) is 24.0 Å². The monoisotopic (exact) mass is 274 g/mol. The molecule has 1 aromatic rings. The van der Waals surface area contributed by atoms with Crippen molar-refractivity contribution in [1.82, 2.24) is 15.2 Å². The molecule has 2 fully saturated rings. The third-order valence-corrected chi connectivity index (χ3v) is 4.08. The molecule has 5 nitrogen and oxygen atoms in total. The van der Waals surface area contributed by atoms with E-state index in [1.54, 1.807) is 0 Å². The molecule has 1 aliphatic carbocycles. The molecule has 2 aliphatic rings. The van der Waals surface area contributed by atoms with Gasteiger partial charge in [-0.2, -0.15) is 0 Å². The van der Waals surface area contributed by atoms with Crippen molar-refractivity contribution < 1.29 is 4.79 Å². The van der Waals surface area contributed by atoms with E-state index in [4.69, 9.17) is 0 Å². The Morgan fingerprint density at radius 2 is 2.05 bits per heavy atom. The topological polar surface area (TPSA) is 48.5 Å². The normalized spacial score (nSPS) is 19.9. The van der Waals surface area contributed by atoms with Gasteiger partial charge >= 0.3 is 0 Å². The van der Waals surface area contributed by atoms with Crippen LogP contribution in [0.2, 0.25) is 0 Å². The Kier molecular flexibility index (Phi) is 3.87. The van der Waals surface area contributed by atoms with Gasteiger partial charge in [0.1, 0.15) is 5.69 Å². The minimum absolute atomic E-state index is 0.0464. The second kappa shape index (κ2) is 5.79. The van der Waals surface area contributed by atoms with Crippen LogP contribution in [-0.2, 0) is 0 Å². The van der Waals surface area contributed by atoms with Gasteiger partial charge in [-0.25, -0.2) is 4.98 Å². The Morgan fingerprint density at radius 1 is 1.30 bits per heavy atom. The number of amides is 1. The second-order valence-electron chi connectivity index (χ2n) is 5.57. The van der Waals surface area contributed by atoms with Crippen LogP contribution in [-0.4, -0.2) is 54.6 Å². The fourth-order valence-electron chi connectivity index (χ4n) is 2.52. The number of likely N-dealkylation sites (N-methyl/N-ethyl adjacent to an activating group) is 1. The van der Waals surface area contributed by atoms with Crippen molar-refractivity contribution in [2.75, 3.05) is 37.6 Å². The lowest BCUT2D eigenvalue weighted by molar-refractivity contribution is 0.0946. The summed E-state index contributed by atoms with van der Waals surface area (Å²) in [5.41, 5.74) is 1.64. The van der Waals surface area contributed by atoms with E-state index in [0.29, 0.717) is 11.7 Å². The van der Waals surface area contributed by atoms with Gasteiger partial charge in [-0.15, -0.1) is 0 Å². The number of nitrogens with one attached hydrogen (secondary N) is 1. The van der Waals surface area contributed by atoms with Crippen molar-refractivity contribution in [2.45, 2.75) is 25.8 Å². The second-order valence-corrected chi connectivity index (χ2v) is 5.57. The molecular weight excluding hydrogens is 252 g/mol. The highest BCUT2D eigenvalue weighted by Gasteiger charge is 2.24. The van der Waals surface area contributed by atoms with Gasteiger partial charge in [0.05, 0.1) is 11.9 Å². The number of pyridine rings is 1. The van der Waals surface area contributed by atoms with Gasteiger partial charge < -0.3 is 15.1 Å². The lowest BCUT2D eigenvalue weighted by Crippen LogP contribution is -2.46. The van der Waals surface area contributed by atoms with Crippen LogP contribution in [0.1, 0.15) is 30.3 Å². The predicted molar refractivity (Wildman–Crippen MR) is 79.1 cm³/mol. The van der Waals surface area contributed by atoms with E-state index in [-0.39, 0.29) is 5.91 Å². The first-order valence-electron chi connectivity index (χ1n) is 7.50. The van der Waals surface area contributed by atoms with Gasteiger partial charge in [0.2, 0.25) is 0 Å². The van der Waals surface area contributed by atoms with Crippen molar-refractivity contribution >= 4 is 11.6 Å². The first-order valence-corrected chi connectivity index (χ1v) is 7.50. The van der Waals surface area contributed by atoms with Gasteiger partial charge in [0, 0.05) is 32.2 Å². The molecule has 0 aromatic carbocycles. The summed E-state index contributed by atoms with van der Waals surface area (Å²) in [6, 6.07) is 4.22. The lowest BCUT2D eigenvalue weighted by Gasteiger charge is -2.35. The maximum atomic E-state index is 11.9. The highest BCUT2D eigenvalue weighted by molar-refractivity contribution is 5.92. The molecule has 0 unspecified atom stereocenters. The largest absolute Gasteiger partial charge is 0.368 e. The maximum absolute atomic E-state index is 11.9. The Morgan fingerprint density at radius 3 is 2.60 bits per heavy atom. The van der Waals surface area contributed by atoms with E-state index in [9.17, 15) is 4.79 Å². The number of hydrogen-bond acceptors (Lipinski definition) is 4. The summed E-state index contributed by atoms with van der Waals surface area (Å²) >= 11 is 0. The molecule has 5 heteroatoms. The number of piperazine rings is 1. The quantitative estimate of drug-likeness (QED) is 0.894. The van der Waals surface area contributed by atoms with Crippen molar-refractivity contribution in [3.8, 4) is 0 Å². The van der Waals surface area contributed by atoms with E-state index in [0.717, 1.165) is 51.3 Å². The minimum Gasteiger partial charge on any atom is -0.368 e. The average Bonchev–Trinajstić information content (AvgIpc) is 3.31. The molecule has 108 valence electrons. The number of nitrogens with zero attached hydrogens (tertiary/aromatic N) is 3. The van der Waals surface area contributed by atoms with Crippen LogP contribution >= 0.6 is 0 Å². The standard InChI is InChI=1S/C15H22N4O/c1-2-18-7-9-19(10-8-18)13-5-6-14(16-11-13)15(20)17-12-3-4-12/h5-6,11-12H,2-4,7-10H2,1H3,(H,17,20). The summed E-state index contributed by atoms with van der Waals surface area (Å²) in [4.78, 5) is 21.0. The van der Waals surface area contributed by atoms with Crippen molar-refractivity contribution in [3.63, 3.8) is 0 Å². The number of rotatable bonds is 4. The Bertz CT molecular complexity index is 461. The number of carbonyl (C=O) groups is 1. The van der Waals surface area contributed by atoms with E-state index in [1.165, 1.54) is 0 Å². The van der Waals surface area contributed by atoms with Crippen LogP contribution in [0.5, 0.6) is 0 Å².